The molecule has 2 aliphatic carbocycles. The minimum Gasteiger partial charge on any atom is -0.462 e. The lowest BCUT2D eigenvalue weighted by Gasteiger charge is -2.34. The molecule has 12 rings (SSSR count). The number of likely N-dealkylation sites (N-methyl/N-ethyl adjacent to an activating group) is 2. The highest BCUT2D eigenvalue weighted by Crippen LogP contribution is 2.46. The largest absolute Gasteiger partial charge is 0.462 e. The summed E-state index contributed by atoms with van der Waals surface area (Å²) in [6.45, 7) is 26.4. The zero-order valence-electron chi connectivity index (χ0n) is 43.7. The number of aromatic nitrogens is 4. The normalized spacial score (nSPS) is 25.4. The first-order valence-corrected chi connectivity index (χ1v) is 28.6. The number of nitrogens with zero attached hydrogens (tertiary/aromatic N) is 12. The predicted octanol–water partition coefficient (Wildman–Crippen LogP) is 11.5. The molecule has 0 spiro atoms. The lowest BCUT2D eigenvalue weighted by molar-refractivity contribution is 0.178. The number of ether oxygens (including phenoxy) is 2. The first-order valence-electron chi connectivity index (χ1n) is 27.9. The lowest BCUT2D eigenvalue weighted by atomic mass is 9.87. The summed E-state index contributed by atoms with van der Waals surface area (Å²) in [5.41, 5.74) is 10.0. The Hall–Kier alpha value is -4.80. The summed E-state index contributed by atoms with van der Waals surface area (Å²) in [5.74, 6) is 2.84. The van der Waals surface area contributed by atoms with Crippen LogP contribution < -0.4 is 19.3 Å². The third kappa shape index (κ3) is 12.1. The molecule has 6 aliphatic heterocycles. The molecular formula is C60H82Cl2N12O2. The Morgan fingerprint density at radius 3 is 1.39 bits per heavy atom. The van der Waals surface area contributed by atoms with Gasteiger partial charge in [0, 0.05) is 110 Å². The zero-order chi connectivity index (χ0) is 50.7. The fourth-order valence-corrected chi connectivity index (χ4v) is 14.3. The van der Waals surface area contributed by atoms with Crippen molar-refractivity contribution in [2.24, 2.45) is 11.8 Å². The summed E-state index contributed by atoms with van der Waals surface area (Å²) in [4.78, 5) is 42.1. The van der Waals surface area contributed by atoms with Crippen molar-refractivity contribution >= 4 is 34.8 Å². The van der Waals surface area contributed by atoms with Gasteiger partial charge in [0.05, 0.1) is 11.4 Å². The molecule has 0 N–H and O–H groups in total. The van der Waals surface area contributed by atoms with Crippen molar-refractivity contribution in [1.82, 2.24) is 39.5 Å². The lowest BCUT2D eigenvalue weighted by Crippen LogP contribution is -2.38. The number of fused-ring (bicyclic) bond motifs is 4. The molecule has 0 amide bonds. The minimum absolute atomic E-state index is 0. The summed E-state index contributed by atoms with van der Waals surface area (Å²) < 4.78 is 12.5. The van der Waals surface area contributed by atoms with Gasteiger partial charge in [-0.2, -0.15) is 19.9 Å². The average molecular weight is 1070 g/mol. The maximum atomic E-state index is 7.38. The topological polar surface area (TPSA) is 98.2 Å². The highest BCUT2D eigenvalue weighted by molar-refractivity contribution is 6.31. The molecular weight excluding hydrogens is 992 g/mol. The molecule has 0 bridgehead atoms. The molecule has 6 atom stereocenters. The molecule has 8 heterocycles. The molecule has 2 aromatic heterocycles. The molecule has 4 fully saturated rings. The van der Waals surface area contributed by atoms with Crippen molar-refractivity contribution < 1.29 is 9.47 Å². The number of halogens is 2. The molecule has 4 aromatic rings. The van der Waals surface area contributed by atoms with E-state index in [4.69, 9.17) is 65.8 Å². The van der Waals surface area contributed by atoms with Gasteiger partial charge in [0.25, 0.3) is 0 Å². The van der Waals surface area contributed by atoms with Crippen molar-refractivity contribution in [1.29, 1.82) is 0 Å². The summed E-state index contributed by atoms with van der Waals surface area (Å²) in [7, 11) is 4.35. The van der Waals surface area contributed by atoms with Crippen LogP contribution in [0.4, 0.5) is 11.6 Å². The highest BCUT2D eigenvalue weighted by Gasteiger charge is 2.39. The maximum Gasteiger partial charge on any atom is 0.318 e. The van der Waals surface area contributed by atoms with Crippen LogP contribution in [0.15, 0.2) is 36.4 Å². The Balaban J connectivity index is 0.000000181. The Kier molecular flexibility index (Phi) is 18.6. The van der Waals surface area contributed by atoms with Gasteiger partial charge in [0.2, 0.25) is 13.1 Å². The zero-order valence-corrected chi connectivity index (χ0v) is 45.2. The summed E-state index contributed by atoms with van der Waals surface area (Å²) in [6, 6.07) is 15.1. The quantitative estimate of drug-likeness (QED) is 0.126. The molecule has 0 saturated carbocycles. The van der Waals surface area contributed by atoms with Gasteiger partial charge in [-0.15, -0.1) is 0 Å². The van der Waals surface area contributed by atoms with Gasteiger partial charge >= 0.3 is 12.0 Å². The molecule has 0 radical (unpaired) electrons. The Morgan fingerprint density at radius 1 is 0.553 bits per heavy atom. The van der Waals surface area contributed by atoms with Crippen LogP contribution in [-0.4, -0.2) is 131 Å². The van der Waals surface area contributed by atoms with Gasteiger partial charge in [-0.25, -0.2) is 13.1 Å². The standard InChI is InChI=1S/2C29H37ClN6O.2CH4/c2*1-31-15-20-7-5-14-35(16-20)28-23-17-36(26-12-4-9-21-8-3-11-24(30)27(21)26)18-25(23)32-29(33-28)37-19-22-10-6-13-34(22)2;;/h2*3,8,11,20,22,26H,4-7,9-10,12-19H2,2H3;2*1H4/t2*20-,22-,26?;;/m00../s1. The van der Waals surface area contributed by atoms with Gasteiger partial charge in [-0.1, -0.05) is 62.3 Å². The molecule has 2 unspecified atom stereocenters. The van der Waals surface area contributed by atoms with Crippen molar-refractivity contribution in [3.05, 3.63) is 114 Å². The van der Waals surface area contributed by atoms with E-state index in [2.05, 4.69) is 77.5 Å². The van der Waals surface area contributed by atoms with Crippen molar-refractivity contribution in [2.75, 3.05) is 89.5 Å². The van der Waals surface area contributed by atoms with Crippen LogP contribution in [0, 0.1) is 25.0 Å². The monoisotopic (exact) mass is 1070 g/mol. The summed E-state index contributed by atoms with van der Waals surface area (Å²) in [6.07, 6.45) is 16.0. The van der Waals surface area contributed by atoms with Gasteiger partial charge < -0.3 is 38.8 Å². The molecule has 8 aliphatic rings. The SMILES string of the molecule is C.C.[C-]#[N+]C[C@@H]1CCCN(c2nc(OC[C@@H]3CCCN3C)nc3c2CN(C2CCCc4cccc(Cl)c42)C3)C1.[C-]#[N+]C[C@@H]1CCCN(c2nc(OC[C@@H]3CCCN3C)nc3c2CN(C2CCCc4cccc(Cl)c42)C3)C1. The van der Waals surface area contributed by atoms with E-state index in [1.54, 1.807) is 0 Å². The number of benzene rings is 2. The van der Waals surface area contributed by atoms with Crippen LogP contribution in [0.3, 0.4) is 0 Å². The van der Waals surface area contributed by atoms with Crippen molar-refractivity contribution in [3.8, 4) is 12.0 Å². The van der Waals surface area contributed by atoms with Crippen LogP contribution >= 0.6 is 23.2 Å². The smallest absolute Gasteiger partial charge is 0.318 e. The minimum atomic E-state index is 0. The summed E-state index contributed by atoms with van der Waals surface area (Å²) in [5, 5.41) is 1.76. The molecule has 408 valence electrons. The first-order chi connectivity index (χ1) is 36.2. The van der Waals surface area contributed by atoms with E-state index in [1.807, 2.05) is 12.1 Å². The number of piperidine rings is 2. The summed E-state index contributed by atoms with van der Waals surface area (Å²) >= 11 is 13.5. The fraction of sp³-hybridized carbons (Fsp3) is 0.633. The van der Waals surface area contributed by atoms with Gasteiger partial charge in [0.15, 0.2) is 0 Å². The number of hydrogen-bond donors (Lipinski definition) is 0. The second-order valence-electron chi connectivity index (χ2n) is 22.5. The van der Waals surface area contributed by atoms with E-state index in [0.717, 1.165) is 163 Å². The Bertz CT molecular complexity index is 2550. The molecule has 14 nitrogen and oxygen atoms in total. The van der Waals surface area contributed by atoms with E-state index < -0.39 is 0 Å². The Labute approximate surface area is 464 Å². The van der Waals surface area contributed by atoms with Gasteiger partial charge in [-0.3, -0.25) is 9.80 Å². The molecule has 76 heavy (non-hydrogen) atoms. The van der Waals surface area contributed by atoms with E-state index in [9.17, 15) is 0 Å². The molecule has 16 heteroatoms. The van der Waals surface area contributed by atoms with Crippen molar-refractivity contribution in [3.63, 3.8) is 0 Å². The van der Waals surface area contributed by atoms with Crippen LogP contribution in [0.1, 0.15) is 149 Å². The van der Waals surface area contributed by atoms with E-state index in [1.165, 1.54) is 59.1 Å². The van der Waals surface area contributed by atoms with Crippen LogP contribution in [-0.2, 0) is 39.0 Å². The second kappa shape index (κ2) is 25.3. The van der Waals surface area contributed by atoms with Crippen LogP contribution in [0.2, 0.25) is 10.0 Å². The number of aryl methyl sites for hydroxylation is 2. The molecule has 2 aromatic carbocycles. The number of rotatable bonds is 12. The van der Waals surface area contributed by atoms with Crippen molar-refractivity contribution in [2.45, 2.75) is 155 Å². The second-order valence-corrected chi connectivity index (χ2v) is 23.3. The molecule has 4 saturated heterocycles. The fourth-order valence-electron chi connectivity index (χ4n) is 13.7. The third-order valence-corrected chi connectivity index (χ3v) is 18.4. The van der Waals surface area contributed by atoms with E-state index in [0.29, 0.717) is 74.3 Å². The van der Waals surface area contributed by atoms with Crippen LogP contribution in [0.25, 0.3) is 9.69 Å². The van der Waals surface area contributed by atoms with Crippen LogP contribution in [0.5, 0.6) is 12.0 Å². The first kappa shape index (κ1) is 55.9. The highest BCUT2D eigenvalue weighted by atomic mass is 35.5. The Morgan fingerprint density at radius 2 is 0.987 bits per heavy atom. The predicted molar refractivity (Wildman–Crippen MR) is 305 cm³/mol. The van der Waals surface area contributed by atoms with Gasteiger partial charge in [-0.05, 0) is 151 Å². The third-order valence-electron chi connectivity index (χ3n) is 17.7. The van der Waals surface area contributed by atoms with E-state index in [-0.39, 0.29) is 14.9 Å². The number of anilines is 2. The van der Waals surface area contributed by atoms with Gasteiger partial charge in [0.1, 0.15) is 24.8 Å². The number of hydrogen-bond acceptors (Lipinski definition) is 12. The van der Waals surface area contributed by atoms with E-state index >= 15 is 0 Å². The maximum absolute atomic E-state index is 7.38. The number of likely N-dealkylation sites (tertiary alicyclic amines) is 2. The average Bonchev–Trinajstić information content (AvgIpc) is 4.25.